The van der Waals surface area contributed by atoms with E-state index in [4.69, 9.17) is 5.73 Å². The average molecular weight is 455 g/mol. The van der Waals surface area contributed by atoms with Crippen molar-refractivity contribution in [1.82, 2.24) is 15.1 Å². The number of benzene rings is 2. The second-order valence-electron chi connectivity index (χ2n) is 7.72. The number of hydrogen-bond acceptors (Lipinski definition) is 5. The normalized spacial score (nSPS) is 18.3. The summed E-state index contributed by atoms with van der Waals surface area (Å²) in [6.45, 7) is 3.86. The molecule has 1 aromatic heterocycles. The molecule has 10 heteroatoms. The lowest BCUT2D eigenvalue weighted by Gasteiger charge is -2.19. The molecular formula is C23H20F3N5O2. The van der Waals surface area contributed by atoms with Crippen LogP contribution >= 0.6 is 0 Å². The number of amides is 2. The van der Waals surface area contributed by atoms with Crippen LogP contribution in [0, 0.1) is 5.92 Å². The molecule has 4 rings (SSSR count). The lowest BCUT2D eigenvalue weighted by Crippen LogP contribution is -2.37. The predicted octanol–water partition coefficient (Wildman–Crippen LogP) is 3.23. The molecule has 2 aromatic carbocycles. The molecule has 33 heavy (non-hydrogen) atoms. The number of rotatable bonds is 5. The topological polar surface area (TPSA) is 101 Å². The number of fused-ring (bicyclic) bond motifs is 1. The minimum Gasteiger partial charge on any atom is -0.369 e. The monoisotopic (exact) mass is 455 g/mol. The third kappa shape index (κ3) is 4.36. The van der Waals surface area contributed by atoms with Gasteiger partial charge in [-0.05, 0) is 18.2 Å². The molecule has 3 aromatic rings. The SMILES string of the molecule is C=CC(=O)N1C[C@@H](Nc2nnc(-c3ccc(C(F)(F)F)cc3)c3ccccc23)[C@H](C(N)=O)C1. The minimum atomic E-state index is -4.43. The van der Waals surface area contributed by atoms with Crippen molar-refractivity contribution in [1.29, 1.82) is 0 Å². The Morgan fingerprint density at radius 2 is 1.73 bits per heavy atom. The summed E-state index contributed by atoms with van der Waals surface area (Å²) in [5, 5.41) is 13.0. The van der Waals surface area contributed by atoms with Crippen molar-refractivity contribution in [3.8, 4) is 11.3 Å². The Morgan fingerprint density at radius 1 is 1.06 bits per heavy atom. The van der Waals surface area contributed by atoms with Crippen molar-refractivity contribution >= 4 is 28.4 Å². The lowest BCUT2D eigenvalue weighted by molar-refractivity contribution is -0.137. The summed E-state index contributed by atoms with van der Waals surface area (Å²) in [4.78, 5) is 25.4. The van der Waals surface area contributed by atoms with Crippen LogP contribution in [0.5, 0.6) is 0 Å². The summed E-state index contributed by atoms with van der Waals surface area (Å²) in [6.07, 6.45) is -3.26. The smallest absolute Gasteiger partial charge is 0.369 e. The molecule has 0 spiro atoms. The van der Waals surface area contributed by atoms with Crippen LogP contribution in [0.1, 0.15) is 5.56 Å². The van der Waals surface area contributed by atoms with Crippen LogP contribution < -0.4 is 11.1 Å². The maximum absolute atomic E-state index is 12.9. The number of nitrogens with zero attached hydrogens (tertiary/aromatic N) is 3. The number of primary amides is 1. The van der Waals surface area contributed by atoms with Crippen LogP contribution in [0.3, 0.4) is 0 Å². The van der Waals surface area contributed by atoms with Gasteiger partial charge in [-0.25, -0.2) is 0 Å². The zero-order valence-electron chi connectivity index (χ0n) is 17.3. The zero-order chi connectivity index (χ0) is 23.8. The van der Waals surface area contributed by atoms with E-state index < -0.39 is 29.6 Å². The van der Waals surface area contributed by atoms with Gasteiger partial charge in [-0.3, -0.25) is 9.59 Å². The molecule has 2 heterocycles. The third-order valence-corrected chi connectivity index (χ3v) is 5.67. The van der Waals surface area contributed by atoms with E-state index in [1.807, 2.05) is 0 Å². The first kappa shape index (κ1) is 22.3. The summed E-state index contributed by atoms with van der Waals surface area (Å²) < 4.78 is 38.7. The minimum absolute atomic E-state index is 0.160. The van der Waals surface area contributed by atoms with Gasteiger partial charge in [-0.15, -0.1) is 10.2 Å². The first-order valence-electron chi connectivity index (χ1n) is 10.1. The van der Waals surface area contributed by atoms with Crippen molar-refractivity contribution in [3.05, 3.63) is 66.7 Å². The van der Waals surface area contributed by atoms with Gasteiger partial charge in [0.15, 0.2) is 5.82 Å². The summed E-state index contributed by atoms with van der Waals surface area (Å²) >= 11 is 0. The number of carbonyl (C=O) groups is 2. The molecule has 3 N–H and O–H groups in total. The highest BCUT2D eigenvalue weighted by Gasteiger charge is 2.38. The van der Waals surface area contributed by atoms with E-state index >= 15 is 0 Å². The predicted molar refractivity (Wildman–Crippen MR) is 117 cm³/mol. The van der Waals surface area contributed by atoms with Gasteiger partial charge in [-0.2, -0.15) is 13.2 Å². The van der Waals surface area contributed by atoms with Crippen molar-refractivity contribution in [2.45, 2.75) is 12.2 Å². The van der Waals surface area contributed by atoms with Crippen LogP contribution in [0.4, 0.5) is 19.0 Å². The molecule has 1 aliphatic rings. The van der Waals surface area contributed by atoms with Crippen molar-refractivity contribution in [2.24, 2.45) is 11.7 Å². The van der Waals surface area contributed by atoms with Gasteiger partial charge < -0.3 is 16.0 Å². The van der Waals surface area contributed by atoms with E-state index in [1.54, 1.807) is 24.3 Å². The van der Waals surface area contributed by atoms with Gasteiger partial charge in [0.05, 0.1) is 17.5 Å². The molecule has 7 nitrogen and oxygen atoms in total. The summed E-state index contributed by atoms with van der Waals surface area (Å²) in [5.41, 5.74) is 5.70. The van der Waals surface area contributed by atoms with Gasteiger partial charge >= 0.3 is 6.18 Å². The summed E-state index contributed by atoms with van der Waals surface area (Å²) in [5.74, 6) is -1.11. The van der Waals surface area contributed by atoms with Gasteiger partial charge in [0, 0.05) is 29.4 Å². The number of hydrogen-bond donors (Lipinski definition) is 2. The van der Waals surface area contributed by atoms with E-state index in [-0.39, 0.29) is 19.0 Å². The molecule has 170 valence electrons. The van der Waals surface area contributed by atoms with Gasteiger partial charge in [0.2, 0.25) is 11.8 Å². The van der Waals surface area contributed by atoms with Crippen LogP contribution in [-0.2, 0) is 15.8 Å². The van der Waals surface area contributed by atoms with Crippen LogP contribution in [0.2, 0.25) is 0 Å². The van der Waals surface area contributed by atoms with E-state index in [0.717, 1.165) is 12.1 Å². The maximum Gasteiger partial charge on any atom is 0.416 e. The fourth-order valence-electron chi connectivity index (χ4n) is 3.96. The first-order chi connectivity index (χ1) is 15.7. The highest BCUT2D eigenvalue weighted by molar-refractivity contribution is 6.00. The second-order valence-corrected chi connectivity index (χ2v) is 7.72. The summed E-state index contributed by atoms with van der Waals surface area (Å²) in [7, 11) is 0. The van der Waals surface area contributed by atoms with Crippen molar-refractivity contribution in [2.75, 3.05) is 18.4 Å². The molecule has 0 saturated carbocycles. The highest BCUT2D eigenvalue weighted by Crippen LogP contribution is 2.34. The number of nitrogens with two attached hydrogens (primary N) is 1. The van der Waals surface area contributed by atoms with Gasteiger partial charge in [-0.1, -0.05) is 43.0 Å². The van der Waals surface area contributed by atoms with Gasteiger partial charge in [0.25, 0.3) is 0 Å². The van der Waals surface area contributed by atoms with Crippen molar-refractivity contribution in [3.63, 3.8) is 0 Å². The third-order valence-electron chi connectivity index (χ3n) is 5.67. The fraction of sp³-hybridized carbons (Fsp3) is 0.217. The fourth-order valence-corrected chi connectivity index (χ4v) is 3.96. The number of likely N-dealkylation sites (tertiary alicyclic amines) is 1. The number of carbonyl (C=O) groups excluding carboxylic acids is 2. The molecule has 2 amide bonds. The number of alkyl halides is 3. The van der Waals surface area contributed by atoms with E-state index in [9.17, 15) is 22.8 Å². The largest absolute Gasteiger partial charge is 0.416 e. The van der Waals surface area contributed by atoms with E-state index in [2.05, 4.69) is 22.1 Å². The highest BCUT2D eigenvalue weighted by atomic mass is 19.4. The molecule has 2 atom stereocenters. The Bertz CT molecular complexity index is 1230. The Morgan fingerprint density at radius 3 is 2.33 bits per heavy atom. The van der Waals surface area contributed by atoms with E-state index in [1.165, 1.54) is 23.1 Å². The molecule has 1 fully saturated rings. The Balaban J connectivity index is 1.69. The molecule has 0 aliphatic carbocycles. The van der Waals surface area contributed by atoms with E-state index in [0.29, 0.717) is 27.8 Å². The number of halogens is 3. The van der Waals surface area contributed by atoms with Crippen LogP contribution in [-0.4, -0.2) is 46.0 Å². The number of nitrogens with one attached hydrogen (secondary N) is 1. The Hall–Kier alpha value is -3.95. The van der Waals surface area contributed by atoms with Crippen LogP contribution in [0.25, 0.3) is 22.0 Å². The zero-order valence-corrected chi connectivity index (χ0v) is 17.3. The average Bonchev–Trinajstić information content (AvgIpc) is 3.22. The van der Waals surface area contributed by atoms with Crippen LogP contribution in [0.15, 0.2) is 61.2 Å². The van der Waals surface area contributed by atoms with Crippen molar-refractivity contribution < 1.29 is 22.8 Å². The Kier molecular flexibility index (Phi) is 5.75. The molecule has 0 bridgehead atoms. The van der Waals surface area contributed by atoms with Gasteiger partial charge in [0.1, 0.15) is 5.69 Å². The molecule has 1 saturated heterocycles. The molecule has 1 aliphatic heterocycles. The maximum atomic E-state index is 12.9. The number of anilines is 1. The molecule has 0 unspecified atom stereocenters. The standard InChI is InChI=1S/C23H20F3N5O2/c1-2-19(32)31-11-17(21(27)33)18(12-31)28-22-16-6-4-3-5-15(16)20(29-30-22)13-7-9-14(10-8-13)23(24,25)26/h2-10,17-18H,1,11-12H2,(H2,27,33)(H,28,30)/t17-,18-/m1/s1. The second kappa shape index (κ2) is 8.53. The lowest BCUT2D eigenvalue weighted by atomic mass is 10.0. The quantitative estimate of drug-likeness (QED) is 0.576. The molecular weight excluding hydrogens is 435 g/mol. The molecule has 0 radical (unpaired) electrons. The first-order valence-corrected chi connectivity index (χ1v) is 10.1. The summed E-state index contributed by atoms with van der Waals surface area (Å²) in [6, 6.07) is 11.4. The number of aromatic nitrogens is 2. The Labute approximate surface area is 187 Å².